The molecule has 4 rings (SSSR count). The van der Waals surface area contributed by atoms with Crippen LogP contribution >= 0.6 is 23.1 Å². The molecule has 1 atom stereocenters. The Hall–Kier alpha value is -2.38. The second-order valence-corrected chi connectivity index (χ2v) is 7.49. The number of anilines is 1. The Labute approximate surface area is 154 Å². The smallest absolute Gasteiger partial charge is 0.247 e. The van der Waals surface area contributed by atoms with Crippen LogP contribution in [-0.2, 0) is 0 Å². The number of fused-ring (bicyclic) bond motifs is 3. The lowest BCUT2D eigenvalue weighted by atomic mass is 10.1. The van der Waals surface area contributed by atoms with Crippen molar-refractivity contribution in [1.29, 1.82) is 0 Å². The Morgan fingerprint density at radius 3 is 3.00 bits per heavy atom. The molecule has 1 aliphatic rings. The molecule has 2 aromatic heterocycles. The van der Waals surface area contributed by atoms with Gasteiger partial charge in [0.1, 0.15) is 0 Å². The van der Waals surface area contributed by atoms with Gasteiger partial charge in [0, 0.05) is 16.1 Å². The van der Waals surface area contributed by atoms with Gasteiger partial charge in [0.2, 0.25) is 11.0 Å². The monoisotopic (exact) mass is 368 g/mol. The number of hydrogen-bond donors (Lipinski definition) is 1. The zero-order chi connectivity index (χ0) is 17.1. The van der Waals surface area contributed by atoms with Crippen LogP contribution in [0.4, 0.5) is 5.69 Å². The van der Waals surface area contributed by atoms with Crippen LogP contribution in [0.25, 0.3) is 17.3 Å². The Morgan fingerprint density at radius 2 is 2.16 bits per heavy atom. The molecule has 25 heavy (non-hydrogen) atoms. The molecule has 1 aromatic carbocycles. The van der Waals surface area contributed by atoms with Crippen LogP contribution in [-0.4, -0.2) is 27.2 Å². The average molecular weight is 368 g/mol. The van der Waals surface area contributed by atoms with E-state index in [0.717, 1.165) is 17.0 Å². The molecular weight excluding hydrogens is 352 g/mol. The summed E-state index contributed by atoms with van der Waals surface area (Å²) in [5.74, 6) is 1.39. The van der Waals surface area contributed by atoms with E-state index in [2.05, 4.69) is 38.9 Å². The molecule has 0 fully saturated rings. The molecule has 3 heterocycles. The Morgan fingerprint density at radius 1 is 1.24 bits per heavy atom. The van der Waals surface area contributed by atoms with Gasteiger partial charge in [0.15, 0.2) is 11.9 Å². The molecule has 1 N–H and O–H groups in total. The van der Waals surface area contributed by atoms with Crippen LogP contribution in [0.5, 0.6) is 5.88 Å². The zero-order valence-corrected chi connectivity index (χ0v) is 15.2. The number of benzene rings is 1. The van der Waals surface area contributed by atoms with Gasteiger partial charge in [-0.1, -0.05) is 43.0 Å². The van der Waals surface area contributed by atoms with Gasteiger partial charge in [0.25, 0.3) is 0 Å². The van der Waals surface area contributed by atoms with Crippen LogP contribution in [0.15, 0.2) is 53.0 Å². The highest BCUT2D eigenvalue weighted by Crippen LogP contribution is 2.36. The van der Waals surface area contributed by atoms with Gasteiger partial charge in [-0.05, 0) is 35.4 Å². The van der Waals surface area contributed by atoms with Gasteiger partial charge in [-0.25, -0.2) is 0 Å². The second-order valence-electron chi connectivity index (χ2n) is 5.28. The quantitative estimate of drug-likeness (QED) is 0.682. The van der Waals surface area contributed by atoms with Gasteiger partial charge in [-0.15, -0.1) is 21.5 Å². The predicted molar refractivity (Wildman–Crippen MR) is 103 cm³/mol. The first-order chi connectivity index (χ1) is 12.3. The van der Waals surface area contributed by atoms with Crippen molar-refractivity contribution in [2.45, 2.75) is 18.3 Å². The first-order valence-corrected chi connectivity index (χ1v) is 9.82. The van der Waals surface area contributed by atoms with Crippen molar-refractivity contribution in [1.82, 2.24) is 15.2 Å². The van der Waals surface area contributed by atoms with E-state index in [4.69, 9.17) is 4.74 Å². The first kappa shape index (κ1) is 16.1. The number of hydrogen-bond acceptors (Lipinski definition) is 7. The van der Waals surface area contributed by atoms with Crippen molar-refractivity contribution >= 4 is 34.9 Å². The number of nitrogens with zero attached hydrogens (tertiary/aromatic N) is 3. The third-order valence-electron chi connectivity index (χ3n) is 3.61. The minimum atomic E-state index is -0.333. The molecule has 1 aliphatic heterocycles. The predicted octanol–water partition coefficient (Wildman–Crippen LogP) is 4.56. The van der Waals surface area contributed by atoms with Crippen molar-refractivity contribution < 1.29 is 4.74 Å². The SMILES string of the molecule is CCSc1nnc2c(n1)O[C@@H](/C=C/c1cccs1)Nc1ccccc1-2. The first-order valence-electron chi connectivity index (χ1n) is 7.95. The summed E-state index contributed by atoms with van der Waals surface area (Å²) < 4.78 is 6.10. The molecule has 0 saturated heterocycles. The molecule has 7 heteroatoms. The molecule has 0 bridgehead atoms. The highest BCUT2D eigenvalue weighted by Gasteiger charge is 2.23. The Kier molecular flexibility index (Phi) is 4.67. The van der Waals surface area contributed by atoms with Crippen LogP contribution in [0.3, 0.4) is 0 Å². The maximum Gasteiger partial charge on any atom is 0.247 e. The van der Waals surface area contributed by atoms with Crippen molar-refractivity contribution in [2.75, 3.05) is 11.1 Å². The highest BCUT2D eigenvalue weighted by molar-refractivity contribution is 7.99. The number of thioether (sulfide) groups is 1. The Bertz CT molecular complexity index is 896. The summed E-state index contributed by atoms with van der Waals surface area (Å²) in [4.78, 5) is 5.73. The van der Waals surface area contributed by atoms with Crippen LogP contribution in [0.1, 0.15) is 11.8 Å². The standard InChI is InChI=1S/C18H16N4OS2/c1-2-24-18-20-17-16(21-22-18)13-7-3-4-8-14(13)19-15(23-17)10-9-12-6-5-11-25-12/h3-11,15,19H,2H2,1H3/b10-9+/t15-/m0/s1. The lowest BCUT2D eigenvalue weighted by molar-refractivity contribution is 0.266. The summed E-state index contributed by atoms with van der Waals surface area (Å²) in [6.07, 6.45) is 3.71. The maximum atomic E-state index is 6.10. The molecule has 0 unspecified atom stereocenters. The summed E-state index contributed by atoms with van der Waals surface area (Å²) in [5, 5.41) is 14.7. The van der Waals surface area contributed by atoms with Crippen molar-refractivity contribution in [3.05, 3.63) is 52.7 Å². The lowest BCUT2D eigenvalue weighted by Gasteiger charge is -2.15. The third kappa shape index (κ3) is 3.52. The molecule has 0 saturated carbocycles. The molecule has 126 valence electrons. The normalized spacial score (nSPS) is 15.8. The minimum absolute atomic E-state index is 0.333. The summed E-state index contributed by atoms with van der Waals surface area (Å²) in [6, 6.07) is 12.1. The van der Waals surface area contributed by atoms with E-state index < -0.39 is 0 Å². The summed E-state index contributed by atoms with van der Waals surface area (Å²) in [6.45, 7) is 2.06. The molecule has 0 amide bonds. The zero-order valence-electron chi connectivity index (χ0n) is 13.5. The number of rotatable bonds is 4. The van der Waals surface area contributed by atoms with Crippen LogP contribution in [0.2, 0.25) is 0 Å². The molecule has 0 radical (unpaired) electrons. The van der Waals surface area contributed by atoms with Crippen molar-refractivity contribution in [2.24, 2.45) is 0 Å². The topological polar surface area (TPSA) is 59.9 Å². The minimum Gasteiger partial charge on any atom is -0.448 e. The summed E-state index contributed by atoms with van der Waals surface area (Å²) >= 11 is 3.23. The van der Waals surface area contributed by atoms with Crippen LogP contribution in [0, 0.1) is 0 Å². The van der Waals surface area contributed by atoms with E-state index in [0.29, 0.717) is 16.7 Å². The molecule has 0 aliphatic carbocycles. The number of aromatic nitrogens is 3. The molecule has 3 aromatic rings. The van der Waals surface area contributed by atoms with E-state index in [1.165, 1.54) is 4.88 Å². The average Bonchev–Trinajstić information content (AvgIpc) is 3.09. The van der Waals surface area contributed by atoms with E-state index >= 15 is 0 Å². The van der Waals surface area contributed by atoms with Gasteiger partial charge >= 0.3 is 0 Å². The fourth-order valence-corrected chi connectivity index (χ4v) is 3.65. The van der Waals surface area contributed by atoms with E-state index in [1.54, 1.807) is 23.1 Å². The fourth-order valence-electron chi connectivity index (χ4n) is 2.51. The summed E-state index contributed by atoms with van der Waals surface area (Å²) in [7, 11) is 0. The van der Waals surface area contributed by atoms with E-state index in [9.17, 15) is 0 Å². The number of para-hydroxylation sites is 1. The lowest BCUT2D eigenvalue weighted by Crippen LogP contribution is -2.23. The number of thiophene rings is 1. The second kappa shape index (κ2) is 7.25. The Balaban J connectivity index is 1.73. The number of ether oxygens (including phenoxy) is 1. The van der Waals surface area contributed by atoms with E-state index in [1.807, 2.05) is 42.5 Å². The van der Waals surface area contributed by atoms with Gasteiger partial charge in [-0.2, -0.15) is 4.98 Å². The number of nitrogens with one attached hydrogen (secondary N) is 1. The molecular formula is C18H16N4OS2. The fraction of sp³-hybridized carbons (Fsp3) is 0.167. The molecule has 0 spiro atoms. The van der Waals surface area contributed by atoms with Crippen molar-refractivity contribution in [3.8, 4) is 17.1 Å². The van der Waals surface area contributed by atoms with Gasteiger partial charge in [0.05, 0.1) is 0 Å². The summed E-state index contributed by atoms with van der Waals surface area (Å²) in [5.41, 5.74) is 2.56. The van der Waals surface area contributed by atoms with Gasteiger partial charge < -0.3 is 10.1 Å². The van der Waals surface area contributed by atoms with Crippen LogP contribution < -0.4 is 10.1 Å². The van der Waals surface area contributed by atoms with E-state index in [-0.39, 0.29) is 6.23 Å². The van der Waals surface area contributed by atoms with Crippen molar-refractivity contribution in [3.63, 3.8) is 0 Å². The largest absolute Gasteiger partial charge is 0.448 e. The third-order valence-corrected chi connectivity index (χ3v) is 5.16. The highest BCUT2D eigenvalue weighted by atomic mass is 32.2. The van der Waals surface area contributed by atoms with Gasteiger partial charge in [-0.3, -0.25) is 0 Å². The molecule has 5 nitrogen and oxygen atoms in total. The maximum absolute atomic E-state index is 6.10.